The van der Waals surface area contributed by atoms with Crippen molar-refractivity contribution in [3.05, 3.63) is 48.5 Å². The summed E-state index contributed by atoms with van der Waals surface area (Å²) in [5, 5.41) is 6.00. The van der Waals surface area contributed by atoms with Crippen molar-refractivity contribution in [1.82, 2.24) is 0 Å². The van der Waals surface area contributed by atoms with Crippen molar-refractivity contribution in [2.75, 3.05) is 37.1 Å². The Balaban J connectivity index is 1.36. The van der Waals surface area contributed by atoms with Crippen LogP contribution in [0.2, 0.25) is 0 Å². The first-order valence-corrected chi connectivity index (χ1v) is 50.9. The van der Waals surface area contributed by atoms with E-state index < -0.39 is 299 Å². The van der Waals surface area contributed by atoms with E-state index in [9.17, 15) is 182 Å². The highest BCUT2D eigenvalue weighted by Crippen LogP contribution is 2.44. The number of ether oxygens (including phenoxy) is 6. The monoisotopic (exact) mass is 2070 g/mol. The summed E-state index contributed by atoms with van der Waals surface area (Å²) in [4.78, 5) is -0.468. The fraction of sp³-hybridized carbons (Fsp3) is 0.700. The first-order valence-electron chi connectivity index (χ1n) is 30.1. The Labute approximate surface area is 686 Å². The lowest BCUT2D eigenvalue weighted by molar-refractivity contribution is -0.325. The van der Waals surface area contributed by atoms with E-state index in [0.717, 1.165) is 24.3 Å². The minimum Gasteiger partial charge on any atom is -0.365 e. The number of benzene rings is 2. The summed E-state index contributed by atoms with van der Waals surface area (Å²) in [5.41, 5.74) is -4.71. The fourth-order valence-electron chi connectivity index (χ4n) is 10.6. The molecular weight excluding hydrogens is 2010 g/mol. The van der Waals surface area contributed by atoms with Gasteiger partial charge in [0.2, 0.25) is 0 Å². The second kappa shape index (κ2) is 40.6. The predicted octanol–water partition coefficient (Wildman–Crippen LogP) is -6.65. The molecule has 4 saturated heterocycles. The van der Waals surface area contributed by atoms with Crippen LogP contribution in [0.3, 0.4) is 0 Å². The van der Waals surface area contributed by atoms with Gasteiger partial charge in [0.1, 0.15) is 96.3 Å². The molecule has 0 saturated carbocycles. The molecular formula is C40H60N2O62S16. The van der Waals surface area contributed by atoms with Gasteiger partial charge in [0, 0.05) is 21.2 Å². The zero-order valence-electron chi connectivity index (χ0n) is 57.4. The van der Waals surface area contributed by atoms with Crippen LogP contribution in [0.25, 0.3) is 0 Å². The molecule has 4 aliphatic heterocycles. The maximum atomic E-state index is 12.7. The van der Waals surface area contributed by atoms with E-state index in [0.29, 0.717) is 0 Å². The Morgan fingerprint density at radius 1 is 0.283 bits per heavy atom. The average molecular weight is 2070 g/mol. The van der Waals surface area contributed by atoms with Crippen LogP contribution in [-0.4, -0.2) is 335 Å². The third-order valence-electron chi connectivity index (χ3n) is 14.3. The molecule has 0 bridgehead atoms. The first-order chi connectivity index (χ1) is 54.0. The highest BCUT2D eigenvalue weighted by molar-refractivity contribution is 8.00. The number of rotatable bonds is 46. The molecule has 4 aliphatic rings. The van der Waals surface area contributed by atoms with E-state index >= 15 is 0 Å². The Morgan fingerprint density at radius 2 is 0.492 bits per heavy atom. The molecule has 0 radical (unpaired) electrons. The normalized spacial score (nSPS) is 29.1. The lowest BCUT2D eigenvalue weighted by atomic mass is 9.97. The second-order valence-electron chi connectivity index (χ2n) is 23.0. The predicted molar refractivity (Wildman–Crippen MR) is 369 cm³/mol. The van der Waals surface area contributed by atoms with Gasteiger partial charge in [-0.15, -0.1) is 0 Å². The van der Waals surface area contributed by atoms with Gasteiger partial charge in [0.05, 0.1) is 32.6 Å². The Kier molecular flexibility index (Phi) is 35.6. The molecule has 2 aromatic carbocycles. The number of hydrogen-bond acceptors (Lipinski definition) is 52. The van der Waals surface area contributed by atoms with Gasteiger partial charge in [-0.1, -0.05) is 36.9 Å². The zero-order chi connectivity index (χ0) is 91.3. The van der Waals surface area contributed by atoms with E-state index in [2.05, 4.69) is 69.2 Å². The molecule has 80 heteroatoms. The van der Waals surface area contributed by atoms with Crippen LogP contribution in [0.5, 0.6) is 0 Å². The molecule has 64 nitrogen and oxygen atoms in total. The number of hydrogen-bond donors (Lipinski definition) is 16. The third kappa shape index (κ3) is 37.9. The highest BCUT2D eigenvalue weighted by Gasteiger charge is 2.62. The van der Waals surface area contributed by atoms with Crippen LogP contribution < -0.4 is 10.6 Å². The minimum atomic E-state index is -6.30. The smallest absolute Gasteiger partial charge is 0.365 e. The second-order valence-corrected chi connectivity index (χ2v) is 40.2. The van der Waals surface area contributed by atoms with E-state index in [1.807, 2.05) is 0 Å². The van der Waals surface area contributed by atoms with Crippen molar-refractivity contribution in [1.29, 1.82) is 0 Å². The maximum Gasteiger partial charge on any atom is 0.397 e. The fourth-order valence-corrected chi connectivity index (χ4v) is 19.1. The molecule has 698 valence electrons. The summed E-state index contributed by atoms with van der Waals surface area (Å²) in [6.07, 6.45) is -57.2. The SMILES string of the molecule is CCCC(Nc1ccc(S[C@@H]2O[C@H](COS(=O)(=O)O)[C@@H](O[C@H]3O[C@H](COS(=O)(=O)O)[C@@H](OS(=O)(=O)O)[C@H](OS(=O)(=O)O)[C@H]3OS(=O)(=O)O)[C@H](OS(=O)(=O)O)[C@H]2OS(=O)(=O)O)cc1)Nc1ccc(S[C@@H]2O[C@H](COS(=O)(=O)O)[C@@H](O[C@H]3O[C@H](COS(=O)(=O)O)[C@@H](OS(=O)(=O)O)[C@H](OS(=O)(=O)O)[C@H]3OS(=O)(=O)O)[C@H](OS(=O)(=O)O)[C@H]2OS(=O)(=O)O)cc1. The van der Waals surface area contributed by atoms with Crippen LogP contribution in [0, 0.1) is 0 Å². The Hall–Kier alpha value is -3.32. The topological polar surface area (TPSA) is 970 Å². The standard InChI is InChI=1S/C40H60N2O62S16/c1-2-3-24(41-16-4-8-18(9-5-16)105-39-35(103-119(79,80)81)29(97-113(61,62)63)25(20(91-39)12-85-107(43,44)45)93-37-33(101-117(73,74)75)31(99-115(67,68)69)27(95-111(55,56)57)22(89-37)14-87-109(49,50)51)42-17-6-10-19(11-7-17)106-40-36(104-120(82,83)84)30(98-114(64,65)66)26(21(92-40)13-86-108(46,47)48)94-38-34(102-118(76,77)78)32(100-116(70,71)72)28(96-112(58,59)60)23(90-38)15-88-110(52,53)54/h4-11,20-42H,2-3,12-15H2,1H3,(H,43,44,45)(H,46,47,48)(H,49,50,51)(H,52,53,54)(H,55,56,57)(H,58,59,60)(H,61,62,63)(H,64,65,66)(H,67,68,69)(H,70,71,72)(H,73,74,75)(H,76,77,78)(H,79,80,81)(H,82,83,84)/t20-,21-,22-,23-,25-,26-,27-,28-,29+,30+,31+,32+,33-,34-,35-,36-,37-,38-,39+,40+/m1/s1. The van der Waals surface area contributed by atoms with Gasteiger partial charge >= 0.3 is 146 Å². The zero-order valence-corrected chi connectivity index (χ0v) is 70.4. The van der Waals surface area contributed by atoms with Crippen molar-refractivity contribution in [3.8, 4) is 0 Å². The van der Waals surface area contributed by atoms with Crippen molar-refractivity contribution < 1.29 is 269 Å². The summed E-state index contributed by atoms with van der Waals surface area (Å²) >= 11 is 0.288. The molecule has 4 fully saturated rings. The molecule has 20 atom stereocenters. The molecule has 0 aromatic heterocycles. The molecule has 0 spiro atoms. The summed E-state index contributed by atoms with van der Waals surface area (Å²) in [5.74, 6) is 0. The largest absolute Gasteiger partial charge is 0.397 e. The van der Waals surface area contributed by atoms with Gasteiger partial charge in [0.15, 0.2) is 24.8 Å². The molecule has 120 heavy (non-hydrogen) atoms. The lowest BCUT2D eigenvalue weighted by Gasteiger charge is -2.48. The van der Waals surface area contributed by atoms with Gasteiger partial charge in [-0.05, 0) is 55.0 Å². The molecule has 0 unspecified atom stereocenters. The molecule has 0 aliphatic carbocycles. The molecule has 6 rings (SSSR count). The number of nitrogens with one attached hydrogen (secondary N) is 2. The number of thioether (sulfide) groups is 2. The van der Waals surface area contributed by atoms with E-state index in [1.165, 1.54) is 24.3 Å². The van der Waals surface area contributed by atoms with Gasteiger partial charge in [-0.2, -0.15) is 118 Å². The van der Waals surface area contributed by atoms with E-state index in [1.54, 1.807) is 6.92 Å². The quantitative estimate of drug-likeness (QED) is 0.0216. The van der Waals surface area contributed by atoms with Crippen LogP contribution in [0.15, 0.2) is 58.3 Å². The Bertz CT molecular complexity index is 5250. The molecule has 16 N–H and O–H groups in total. The minimum absolute atomic E-state index is 0.0723. The summed E-state index contributed by atoms with van der Waals surface area (Å²) < 4.78 is 572. The summed E-state index contributed by atoms with van der Waals surface area (Å²) in [6.45, 7) is -6.00. The maximum absolute atomic E-state index is 12.7. The van der Waals surface area contributed by atoms with Crippen molar-refractivity contribution in [2.45, 2.75) is 157 Å². The van der Waals surface area contributed by atoms with Gasteiger partial charge < -0.3 is 39.1 Å². The molecule has 2 aromatic rings. The van der Waals surface area contributed by atoms with Crippen molar-refractivity contribution in [2.24, 2.45) is 0 Å². The average Bonchev–Trinajstić information content (AvgIpc) is 0.757. The Morgan fingerprint density at radius 3 is 0.717 bits per heavy atom. The third-order valence-corrected chi connectivity index (χ3v) is 23.0. The lowest BCUT2D eigenvalue weighted by Crippen LogP contribution is -2.66. The van der Waals surface area contributed by atoms with Crippen LogP contribution in [0.4, 0.5) is 11.4 Å². The van der Waals surface area contributed by atoms with Crippen molar-refractivity contribution in [3.63, 3.8) is 0 Å². The highest BCUT2D eigenvalue weighted by atomic mass is 32.3. The summed E-state index contributed by atoms with van der Waals surface area (Å²) in [7, 11) is -85.5. The van der Waals surface area contributed by atoms with Gasteiger partial charge in [-0.25, -0.2) is 58.6 Å². The number of anilines is 2. The molecule has 0 amide bonds. The van der Waals surface area contributed by atoms with E-state index in [-0.39, 0.29) is 57.5 Å². The van der Waals surface area contributed by atoms with Crippen molar-refractivity contribution >= 4 is 180 Å². The van der Waals surface area contributed by atoms with Gasteiger partial charge in [0.25, 0.3) is 0 Å². The van der Waals surface area contributed by atoms with Crippen LogP contribution >= 0.6 is 23.5 Å². The van der Waals surface area contributed by atoms with Crippen LogP contribution in [0.1, 0.15) is 19.8 Å². The van der Waals surface area contributed by atoms with Crippen LogP contribution in [-0.2, 0) is 233 Å². The van der Waals surface area contributed by atoms with Gasteiger partial charge in [-0.3, -0.25) is 63.7 Å². The van der Waals surface area contributed by atoms with E-state index in [4.69, 9.17) is 28.4 Å². The molecule has 4 heterocycles. The summed E-state index contributed by atoms with van der Waals surface area (Å²) in [6, 6.07) is 9.11. The first kappa shape index (κ1) is 105.